The predicted molar refractivity (Wildman–Crippen MR) is 93.7 cm³/mol. The molecule has 2 aromatic rings. The third-order valence-corrected chi connectivity index (χ3v) is 4.57. The Hall–Kier alpha value is -1.42. The Morgan fingerprint density at radius 1 is 1.28 bits per heavy atom. The summed E-state index contributed by atoms with van der Waals surface area (Å²) in [6, 6.07) is 2.30. The van der Waals surface area contributed by atoms with Gasteiger partial charge in [0.1, 0.15) is 10.5 Å². The molecule has 0 aromatic carbocycles. The van der Waals surface area contributed by atoms with Crippen molar-refractivity contribution in [3.63, 3.8) is 0 Å². The molecule has 1 amide bonds. The molecular weight excluding hydrogens is 379 g/mol. The van der Waals surface area contributed by atoms with Crippen LogP contribution >= 0.6 is 23.7 Å². The van der Waals surface area contributed by atoms with Gasteiger partial charge in [-0.2, -0.15) is 13.2 Å². The summed E-state index contributed by atoms with van der Waals surface area (Å²) in [7, 11) is 1.60. The molecule has 0 spiro atoms. The van der Waals surface area contributed by atoms with E-state index >= 15 is 0 Å². The van der Waals surface area contributed by atoms with Gasteiger partial charge in [0, 0.05) is 32.1 Å². The number of halogens is 4. The number of carbonyl (C=O) groups is 1. The second kappa shape index (κ2) is 9.33. The normalized spacial score (nSPS) is 11.4. The molecule has 0 aliphatic rings. The summed E-state index contributed by atoms with van der Waals surface area (Å²) in [6.45, 7) is 3.96. The summed E-state index contributed by atoms with van der Waals surface area (Å²) >= 11 is 0.971. The average molecular weight is 398 g/mol. The highest BCUT2D eigenvalue weighted by atomic mass is 35.5. The number of aryl methyl sites for hydroxylation is 1. The number of alkyl halides is 3. The fourth-order valence-corrected chi connectivity index (χ4v) is 3.21. The maximum Gasteiger partial charge on any atom is 0.433 e. The third kappa shape index (κ3) is 5.53. The average Bonchev–Trinajstić information content (AvgIpc) is 2.86. The van der Waals surface area contributed by atoms with E-state index in [1.54, 1.807) is 14.0 Å². The standard InChI is InChI=1S/C15H18F3N3O2S.ClH/c1-9-10-3-4-11(15(16,17)18)21-14(10)24-12(9)13(22)20-6-5-19-7-8-23-2;/h3-4,19H,5-8H2,1-2H3,(H,20,22);1H. The fourth-order valence-electron chi connectivity index (χ4n) is 2.12. The Labute approximate surface area is 153 Å². The van der Waals surface area contributed by atoms with E-state index in [1.165, 1.54) is 6.07 Å². The van der Waals surface area contributed by atoms with Crippen LogP contribution in [0.1, 0.15) is 20.9 Å². The Morgan fingerprint density at radius 2 is 2.00 bits per heavy atom. The van der Waals surface area contributed by atoms with Crippen LogP contribution in [0.15, 0.2) is 12.1 Å². The molecule has 0 unspecified atom stereocenters. The molecule has 2 aromatic heterocycles. The minimum Gasteiger partial charge on any atom is -0.383 e. The maximum absolute atomic E-state index is 12.7. The van der Waals surface area contributed by atoms with Crippen molar-refractivity contribution in [3.05, 3.63) is 28.3 Å². The number of hydrogen-bond donors (Lipinski definition) is 2. The van der Waals surface area contributed by atoms with Crippen molar-refractivity contribution in [3.8, 4) is 0 Å². The largest absolute Gasteiger partial charge is 0.433 e. The second-order valence-corrected chi connectivity index (χ2v) is 6.10. The molecular formula is C15H19ClF3N3O2S. The summed E-state index contributed by atoms with van der Waals surface area (Å²) < 4.78 is 43.1. The second-order valence-electron chi connectivity index (χ2n) is 5.10. The first-order valence-corrected chi connectivity index (χ1v) is 8.11. The number of nitrogens with one attached hydrogen (secondary N) is 2. The molecule has 0 atom stereocenters. The molecule has 5 nitrogen and oxygen atoms in total. The van der Waals surface area contributed by atoms with Crippen LogP contribution in [0, 0.1) is 6.92 Å². The molecule has 0 saturated carbocycles. The maximum atomic E-state index is 12.7. The van der Waals surface area contributed by atoms with Crippen molar-refractivity contribution in [1.29, 1.82) is 0 Å². The van der Waals surface area contributed by atoms with Crippen LogP contribution in [0.4, 0.5) is 13.2 Å². The highest BCUT2D eigenvalue weighted by Crippen LogP contribution is 2.34. The molecule has 0 fully saturated rings. The zero-order valence-electron chi connectivity index (χ0n) is 13.7. The van der Waals surface area contributed by atoms with Crippen molar-refractivity contribution < 1.29 is 22.7 Å². The van der Waals surface area contributed by atoms with Crippen LogP contribution in [0.3, 0.4) is 0 Å². The number of aromatic nitrogens is 1. The molecule has 0 aliphatic carbocycles. The molecule has 10 heteroatoms. The van der Waals surface area contributed by atoms with Crippen molar-refractivity contribution in [2.75, 3.05) is 33.4 Å². The van der Waals surface area contributed by atoms with Gasteiger partial charge in [0.25, 0.3) is 5.91 Å². The van der Waals surface area contributed by atoms with Gasteiger partial charge in [-0.25, -0.2) is 4.98 Å². The predicted octanol–water partition coefficient (Wildman–Crippen LogP) is 3.01. The highest BCUT2D eigenvalue weighted by Gasteiger charge is 2.33. The first-order chi connectivity index (χ1) is 11.3. The van der Waals surface area contributed by atoms with Gasteiger partial charge >= 0.3 is 6.18 Å². The van der Waals surface area contributed by atoms with E-state index in [0.29, 0.717) is 42.1 Å². The van der Waals surface area contributed by atoms with Crippen molar-refractivity contribution in [2.45, 2.75) is 13.1 Å². The molecule has 0 saturated heterocycles. The lowest BCUT2D eigenvalue weighted by Gasteiger charge is -2.06. The molecule has 0 aliphatic heterocycles. The van der Waals surface area contributed by atoms with E-state index in [0.717, 1.165) is 17.4 Å². The van der Waals surface area contributed by atoms with Crippen LogP contribution in [-0.4, -0.2) is 44.2 Å². The summed E-state index contributed by atoms with van der Waals surface area (Å²) in [4.78, 5) is 16.4. The SMILES string of the molecule is COCCNCCNC(=O)c1sc2nc(C(F)(F)F)ccc2c1C.Cl. The number of pyridine rings is 1. The number of rotatable bonds is 7. The molecule has 0 radical (unpaired) electrons. The van der Waals surface area contributed by atoms with Crippen LogP contribution in [0.5, 0.6) is 0 Å². The van der Waals surface area contributed by atoms with Gasteiger partial charge in [-0.1, -0.05) is 0 Å². The molecule has 140 valence electrons. The smallest absolute Gasteiger partial charge is 0.383 e. The minimum atomic E-state index is -4.50. The Morgan fingerprint density at radius 3 is 2.64 bits per heavy atom. The van der Waals surface area contributed by atoms with Crippen LogP contribution < -0.4 is 10.6 Å². The topological polar surface area (TPSA) is 63.2 Å². The zero-order chi connectivity index (χ0) is 17.7. The van der Waals surface area contributed by atoms with Crippen molar-refractivity contribution in [2.24, 2.45) is 0 Å². The summed E-state index contributed by atoms with van der Waals surface area (Å²) in [5, 5.41) is 6.39. The van der Waals surface area contributed by atoms with E-state index in [4.69, 9.17) is 4.74 Å². The van der Waals surface area contributed by atoms with E-state index < -0.39 is 11.9 Å². The first kappa shape index (κ1) is 21.6. The van der Waals surface area contributed by atoms with Gasteiger partial charge in [0.05, 0.1) is 11.5 Å². The molecule has 2 heterocycles. The van der Waals surface area contributed by atoms with E-state index in [1.807, 2.05) is 0 Å². The third-order valence-electron chi connectivity index (χ3n) is 3.37. The number of amides is 1. The van der Waals surface area contributed by atoms with Gasteiger partial charge in [0.2, 0.25) is 0 Å². The molecule has 25 heavy (non-hydrogen) atoms. The summed E-state index contributed by atoms with van der Waals surface area (Å²) in [5.41, 5.74) is -0.313. The van der Waals surface area contributed by atoms with Gasteiger partial charge in [0.15, 0.2) is 0 Å². The minimum absolute atomic E-state index is 0. The first-order valence-electron chi connectivity index (χ1n) is 7.29. The summed E-state index contributed by atoms with van der Waals surface area (Å²) in [5.74, 6) is -0.308. The van der Waals surface area contributed by atoms with Crippen LogP contribution in [-0.2, 0) is 10.9 Å². The monoisotopic (exact) mass is 397 g/mol. The molecule has 2 N–H and O–H groups in total. The lowest BCUT2D eigenvalue weighted by atomic mass is 10.2. The Balaban J connectivity index is 0.00000312. The van der Waals surface area contributed by atoms with Gasteiger partial charge < -0.3 is 15.4 Å². The number of methoxy groups -OCH3 is 1. The number of nitrogens with zero attached hydrogens (tertiary/aromatic N) is 1. The van der Waals surface area contributed by atoms with Crippen molar-refractivity contribution in [1.82, 2.24) is 15.6 Å². The van der Waals surface area contributed by atoms with Gasteiger partial charge in [-0.05, 0) is 24.6 Å². The number of hydrogen-bond acceptors (Lipinski definition) is 5. The number of thiophene rings is 1. The van der Waals surface area contributed by atoms with E-state index in [2.05, 4.69) is 15.6 Å². The quantitative estimate of drug-likeness (QED) is 0.705. The van der Waals surface area contributed by atoms with Crippen LogP contribution in [0.25, 0.3) is 10.2 Å². The summed E-state index contributed by atoms with van der Waals surface area (Å²) in [6.07, 6.45) is -4.50. The van der Waals surface area contributed by atoms with Gasteiger partial charge in [-0.15, -0.1) is 23.7 Å². The highest BCUT2D eigenvalue weighted by molar-refractivity contribution is 7.20. The van der Waals surface area contributed by atoms with Crippen molar-refractivity contribution >= 4 is 39.9 Å². The molecule has 0 bridgehead atoms. The van der Waals surface area contributed by atoms with E-state index in [-0.39, 0.29) is 23.1 Å². The number of ether oxygens (including phenoxy) is 1. The number of carbonyl (C=O) groups excluding carboxylic acids is 1. The van der Waals surface area contributed by atoms with Gasteiger partial charge in [-0.3, -0.25) is 4.79 Å². The molecule has 2 rings (SSSR count). The fraction of sp³-hybridized carbons (Fsp3) is 0.467. The lowest BCUT2D eigenvalue weighted by Crippen LogP contribution is -2.32. The lowest BCUT2D eigenvalue weighted by molar-refractivity contribution is -0.140. The Bertz CT molecular complexity index is 722. The van der Waals surface area contributed by atoms with E-state index in [9.17, 15) is 18.0 Å². The number of fused-ring (bicyclic) bond motifs is 1. The van der Waals surface area contributed by atoms with Crippen LogP contribution in [0.2, 0.25) is 0 Å². The zero-order valence-corrected chi connectivity index (χ0v) is 15.3. The Kier molecular flexibility index (Phi) is 8.07.